The van der Waals surface area contributed by atoms with Gasteiger partial charge in [0, 0.05) is 12.7 Å². The van der Waals surface area contributed by atoms with E-state index in [9.17, 15) is 4.79 Å². The first kappa shape index (κ1) is 15.3. The van der Waals surface area contributed by atoms with Crippen LogP contribution in [-0.2, 0) is 6.54 Å². The summed E-state index contributed by atoms with van der Waals surface area (Å²) in [6.45, 7) is 2.39. The molecule has 0 unspecified atom stereocenters. The zero-order valence-electron chi connectivity index (χ0n) is 13.1. The number of carbonyl (C=O) groups excluding carboxylic acids is 1. The van der Waals surface area contributed by atoms with Gasteiger partial charge in [0.2, 0.25) is 5.88 Å². The number of ether oxygens (including phenoxy) is 1. The Labute approximate surface area is 147 Å². The van der Waals surface area contributed by atoms with E-state index < -0.39 is 0 Å². The molecule has 1 aliphatic rings. The highest BCUT2D eigenvalue weighted by atomic mass is 79.9. The molecule has 7 heteroatoms. The van der Waals surface area contributed by atoms with Crippen LogP contribution in [0.1, 0.15) is 30.1 Å². The first-order valence-corrected chi connectivity index (χ1v) is 8.58. The average molecular weight is 387 g/mol. The molecular weight excluding hydrogens is 372 g/mol. The SMILES string of the molecule is CC(=O)c1cccnc1Oc1ccc2c(nnn2CC2CC2)c1Br. The Morgan fingerprint density at radius 3 is 2.96 bits per heavy atom. The lowest BCUT2D eigenvalue weighted by Gasteiger charge is -2.10. The summed E-state index contributed by atoms with van der Waals surface area (Å²) in [5.41, 5.74) is 2.16. The number of Topliss-reactive ketones (excluding diaryl/α,β-unsaturated/α-hetero) is 1. The van der Waals surface area contributed by atoms with Gasteiger partial charge in [-0.15, -0.1) is 5.10 Å². The lowest BCUT2D eigenvalue weighted by atomic mass is 10.2. The molecule has 1 fully saturated rings. The maximum absolute atomic E-state index is 11.7. The van der Waals surface area contributed by atoms with Gasteiger partial charge in [-0.2, -0.15) is 0 Å². The quantitative estimate of drug-likeness (QED) is 0.619. The fourth-order valence-electron chi connectivity index (χ4n) is 2.59. The minimum absolute atomic E-state index is 0.0920. The Bertz CT molecular complexity index is 933. The highest BCUT2D eigenvalue weighted by Gasteiger charge is 2.24. The molecule has 0 bridgehead atoms. The van der Waals surface area contributed by atoms with Crippen molar-refractivity contribution < 1.29 is 9.53 Å². The third kappa shape index (κ3) is 2.80. The zero-order chi connectivity index (χ0) is 16.7. The fraction of sp³-hybridized carbons (Fsp3) is 0.294. The van der Waals surface area contributed by atoms with Crippen LogP contribution >= 0.6 is 15.9 Å². The molecule has 122 valence electrons. The van der Waals surface area contributed by atoms with Gasteiger partial charge in [0.1, 0.15) is 11.3 Å². The Hall–Kier alpha value is -2.28. The summed E-state index contributed by atoms with van der Waals surface area (Å²) in [5, 5.41) is 8.50. The molecule has 0 amide bonds. The van der Waals surface area contributed by atoms with Gasteiger partial charge in [-0.3, -0.25) is 4.79 Å². The molecule has 4 rings (SSSR count). The van der Waals surface area contributed by atoms with E-state index in [1.54, 1.807) is 18.3 Å². The minimum atomic E-state index is -0.0920. The van der Waals surface area contributed by atoms with E-state index in [2.05, 4.69) is 31.2 Å². The monoisotopic (exact) mass is 386 g/mol. The third-order valence-corrected chi connectivity index (χ3v) is 4.84. The smallest absolute Gasteiger partial charge is 0.230 e. The van der Waals surface area contributed by atoms with Gasteiger partial charge in [-0.1, -0.05) is 5.21 Å². The van der Waals surface area contributed by atoms with Crippen LogP contribution in [0.5, 0.6) is 11.6 Å². The molecule has 0 spiro atoms. The van der Waals surface area contributed by atoms with Crippen molar-refractivity contribution >= 4 is 32.7 Å². The molecule has 2 aromatic heterocycles. The third-order valence-electron chi connectivity index (χ3n) is 4.08. The molecule has 0 saturated heterocycles. The van der Waals surface area contributed by atoms with Crippen LogP contribution in [0.3, 0.4) is 0 Å². The number of benzene rings is 1. The Morgan fingerprint density at radius 1 is 1.38 bits per heavy atom. The van der Waals surface area contributed by atoms with Crippen molar-refractivity contribution in [3.8, 4) is 11.6 Å². The predicted octanol–water partition coefficient (Wildman–Crippen LogP) is 3.99. The molecule has 0 atom stereocenters. The summed E-state index contributed by atoms with van der Waals surface area (Å²) in [6.07, 6.45) is 4.12. The molecule has 1 saturated carbocycles. The number of rotatable bonds is 5. The second-order valence-corrected chi connectivity index (χ2v) is 6.77. The Kier molecular flexibility index (Phi) is 3.80. The minimum Gasteiger partial charge on any atom is -0.437 e. The number of hydrogen-bond donors (Lipinski definition) is 0. The molecule has 1 aromatic carbocycles. The van der Waals surface area contributed by atoms with E-state index in [0.717, 1.165) is 23.5 Å². The van der Waals surface area contributed by atoms with Crippen LogP contribution in [0.25, 0.3) is 11.0 Å². The van der Waals surface area contributed by atoms with Gasteiger partial charge >= 0.3 is 0 Å². The number of pyridine rings is 1. The fourth-order valence-corrected chi connectivity index (χ4v) is 3.08. The van der Waals surface area contributed by atoms with Crippen LogP contribution < -0.4 is 4.74 Å². The van der Waals surface area contributed by atoms with Crippen molar-refractivity contribution in [2.75, 3.05) is 0 Å². The molecule has 3 aromatic rings. The van der Waals surface area contributed by atoms with Gasteiger partial charge in [0.25, 0.3) is 0 Å². The van der Waals surface area contributed by atoms with Gasteiger partial charge in [0.05, 0.1) is 15.6 Å². The Balaban J connectivity index is 1.70. The summed E-state index contributed by atoms with van der Waals surface area (Å²) in [5.74, 6) is 1.47. The first-order valence-electron chi connectivity index (χ1n) is 7.79. The largest absolute Gasteiger partial charge is 0.437 e. The number of hydrogen-bond acceptors (Lipinski definition) is 5. The van der Waals surface area contributed by atoms with E-state index in [1.165, 1.54) is 19.8 Å². The lowest BCUT2D eigenvalue weighted by Crippen LogP contribution is -2.02. The van der Waals surface area contributed by atoms with Crippen molar-refractivity contribution in [2.45, 2.75) is 26.3 Å². The molecule has 2 heterocycles. The van der Waals surface area contributed by atoms with E-state index in [4.69, 9.17) is 4.74 Å². The van der Waals surface area contributed by atoms with Crippen molar-refractivity contribution in [3.63, 3.8) is 0 Å². The summed E-state index contributed by atoms with van der Waals surface area (Å²) < 4.78 is 8.50. The molecule has 0 radical (unpaired) electrons. The number of fused-ring (bicyclic) bond motifs is 1. The molecule has 6 nitrogen and oxygen atoms in total. The van der Waals surface area contributed by atoms with Crippen LogP contribution in [0.2, 0.25) is 0 Å². The Morgan fingerprint density at radius 2 is 2.21 bits per heavy atom. The van der Waals surface area contributed by atoms with Crippen molar-refractivity contribution in [1.82, 2.24) is 20.0 Å². The number of aromatic nitrogens is 4. The van der Waals surface area contributed by atoms with E-state index in [-0.39, 0.29) is 11.7 Å². The van der Waals surface area contributed by atoms with Gasteiger partial charge < -0.3 is 4.74 Å². The highest BCUT2D eigenvalue weighted by Crippen LogP contribution is 2.36. The van der Waals surface area contributed by atoms with Crippen LogP contribution in [-0.4, -0.2) is 25.8 Å². The molecule has 0 aliphatic heterocycles. The number of nitrogens with zero attached hydrogens (tertiary/aromatic N) is 4. The number of carbonyl (C=O) groups is 1. The second-order valence-electron chi connectivity index (χ2n) is 5.97. The maximum Gasteiger partial charge on any atom is 0.230 e. The first-order chi connectivity index (χ1) is 11.6. The molecule has 1 aliphatic carbocycles. The van der Waals surface area contributed by atoms with Crippen LogP contribution in [0.15, 0.2) is 34.9 Å². The van der Waals surface area contributed by atoms with Crippen LogP contribution in [0.4, 0.5) is 0 Å². The molecule has 0 N–H and O–H groups in total. The van der Waals surface area contributed by atoms with Crippen molar-refractivity contribution in [3.05, 3.63) is 40.5 Å². The lowest BCUT2D eigenvalue weighted by molar-refractivity contribution is 0.101. The summed E-state index contributed by atoms with van der Waals surface area (Å²) in [4.78, 5) is 15.9. The van der Waals surface area contributed by atoms with Crippen LogP contribution in [0, 0.1) is 5.92 Å². The normalized spacial score (nSPS) is 14.1. The maximum atomic E-state index is 11.7. The second kappa shape index (κ2) is 5.98. The average Bonchev–Trinajstić information content (AvgIpc) is 3.29. The van der Waals surface area contributed by atoms with Crippen molar-refractivity contribution in [1.29, 1.82) is 0 Å². The van der Waals surface area contributed by atoms with Crippen molar-refractivity contribution in [2.24, 2.45) is 5.92 Å². The van der Waals surface area contributed by atoms with Gasteiger partial charge in [-0.05, 0) is 65.9 Å². The van der Waals surface area contributed by atoms with E-state index >= 15 is 0 Å². The zero-order valence-corrected chi connectivity index (χ0v) is 14.7. The number of halogens is 1. The van der Waals surface area contributed by atoms with E-state index in [0.29, 0.717) is 15.8 Å². The molecular formula is C17H15BrN4O2. The topological polar surface area (TPSA) is 69.9 Å². The number of ketones is 1. The molecule has 24 heavy (non-hydrogen) atoms. The summed E-state index contributed by atoms with van der Waals surface area (Å²) in [6, 6.07) is 7.19. The standard InChI is InChI=1S/C17H15BrN4O2/c1-10(23)12-3-2-8-19-17(12)24-14-7-6-13-16(15(14)18)20-21-22(13)9-11-4-5-11/h2-3,6-8,11H,4-5,9H2,1H3. The van der Waals surface area contributed by atoms with Gasteiger partial charge in [-0.25, -0.2) is 9.67 Å². The summed E-state index contributed by atoms with van der Waals surface area (Å²) >= 11 is 3.54. The van der Waals surface area contributed by atoms with Gasteiger partial charge in [0.15, 0.2) is 5.78 Å². The predicted molar refractivity (Wildman–Crippen MR) is 92.3 cm³/mol. The highest BCUT2D eigenvalue weighted by molar-refractivity contribution is 9.10. The van der Waals surface area contributed by atoms with E-state index in [1.807, 2.05) is 16.8 Å². The summed E-state index contributed by atoms with van der Waals surface area (Å²) in [7, 11) is 0.